The lowest BCUT2D eigenvalue weighted by Crippen LogP contribution is -2.36. The molecule has 112 valence electrons. The van der Waals surface area contributed by atoms with Gasteiger partial charge in [0.2, 0.25) is 5.91 Å². The van der Waals surface area contributed by atoms with Crippen molar-refractivity contribution in [3.05, 3.63) is 47.3 Å². The van der Waals surface area contributed by atoms with Gasteiger partial charge in [-0.1, -0.05) is 18.2 Å². The highest BCUT2D eigenvalue weighted by atomic mass is 16.2. The number of hydrogen-bond donors (Lipinski definition) is 1. The van der Waals surface area contributed by atoms with Gasteiger partial charge in [0, 0.05) is 26.2 Å². The minimum atomic E-state index is 0.0197. The fourth-order valence-electron chi connectivity index (χ4n) is 2.40. The van der Waals surface area contributed by atoms with Crippen LogP contribution in [0.15, 0.2) is 30.3 Å². The molecule has 0 aliphatic heterocycles. The Bertz CT molecular complexity index is 617. The molecular formula is C16H22N4O. The lowest BCUT2D eigenvalue weighted by Gasteiger charge is -2.11. The van der Waals surface area contributed by atoms with E-state index in [0.29, 0.717) is 12.8 Å². The van der Waals surface area contributed by atoms with E-state index in [2.05, 4.69) is 10.5 Å². The summed E-state index contributed by atoms with van der Waals surface area (Å²) in [6.07, 6.45) is 1.16. The van der Waals surface area contributed by atoms with Crippen molar-refractivity contribution in [3.8, 4) is 5.69 Å². The predicted octanol–water partition coefficient (Wildman–Crippen LogP) is 2.01. The first kappa shape index (κ1) is 15.3. The van der Waals surface area contributed by atoms with E-state index in [0.717, 1.165) is 22.6 Å². The third-order valence-electron chi connectivity index (χ3n) is 3.39. The summed E-state index contributed by atoms with van der Waals surface area (Å²) in [4.78, 5) is 11.7. The molecule has 0 fully saturated rings. The molecular weight excluding hydrogens is 264 g/mol. The van der Waals surface area contributed by atoms with Gasteiger partial charge in [-0.15, -0.1) is 0 Å². The molecule has 0 aliphatic carbocycles. The Morgan fingerprint density at radius 2 is 1.90 bits per heavy atom. The first-order chi connectivity index (χ1) is 9.99. The van der Waals surface area contributed by atoms with Gasteiger partial charge in [0.15, 0.2) is 0 Å². The smallest absolute Gasteiger partial charge is 0.234 e. The van der Waals surface area contributed by atoms with Crippen molar-refractivity contribution < 1.29 is 4.79 Å². The third-order valence-corrected chi connectivity index (χ3v) is 3.39. The van der Waals surface area contributed by atoms with E-state index in [9.17, 15) is 4.79 Å². The van der Waals surface area contributed by atoms with Gasteiger partial charge in [0.05, 0.1) is 11.4 Å². The van der Waals surface area contributed by atoms with Crippen LogP contribution in [0.4, 0.5) is 0 Å². The maximum absolute atomic E-state index is 11.7. The molecule has 1 aromatic carbocycles. The van der Waals surface area contributed by atoms with Crippen LogP contribution < -0.4 is 5.43 Å². The summed E-state index contributed by atoms with van der Waals surface area (Å²) in [6.45, 7) is 4.04. The van der Waals surface area contributed by atoms with Gasteiger partial charge in [-0.2, -0.15) is 5.10 Å². The fourth-order valence-corrected chi connectivity index (χ4v) is 2.40. The standard InChI is InChI=1S/C16H22N4O/c1-12-15(10-11-16(21)18-19(3)4)13(2)20(17-12)14-8-6-5-7-9-14/h5-9H,10-11H2,1-4H3,(H,18,21). The van der Waals surface area contributed by atoms with Crippen LogP contribution in [-0.4, -0.2) is 34.8 Å². The van der Waals surface area contributed by atoms with E-state index in [1.54, 1.807) is 5.01 Å². The number of benzene rings is 1. The normalized spacial score (nSPS) is 10.9. The van der Waals surface area contributed by atoms with Crippen LogP contribution in [0.1, 0.15) is 23.4 Å². The molecule has 1 amide bonds. The van der Waals surface area contributed by atoms with E-state index >= 15 is 0 Å². The van der Waals surface area contributed by atoms with Gasteiger partial charge in [0.25, 0.3) is 0 Å². The molecule has 0 saturated heterocycles. The number of hydrogen-bond acceptors (Lipinski definition) is 3. The summed E-state index contributed by atoms with van der Waals surface area (Å²) in [7, 11) is 3.61. The molecule has 0 bridgehead atoms. The molecule has 21 heavy (non-hydrogen) atoms. The molecule has 0 radical (unpaired) electrons. The number of amides is 1. The second kappa shape index (κ2) is 6.54. The Kier molecular flexibility index (Phi) is 4.75. The highest BCUT2D eigenvalue weighted by molar-refractivity contribution is 5.75. The van der Waals surface area contributed by atoms with Crippen molar-refractivity contribution in [3.63, 3.8) is 0 Å². The molecule has 0 spiro atoms. The van der Waals surface area contributed by atoms with Crippen LogP contribution in [0.25, 0.3) is 5.69 Å². The van der Waals surface area contributed by atoms with Crippen LogP contribution in [0.5, 0.6) is 0 Å². The molecule has 1 N–H and O–H groups in total. The number of aromatic nitrogens is 2. The summed E-state index contributed by atoms with van der Waals surface area (Å²) >= 11 is 0. The quantitative estimate of drug-likeness (QED) is 0.856. The molecule has 2 aromatic rings. The third kappa shape index (κ3) is 3.70. The monoisotopic (exact) mass is 286 g/mol. The van der Waals surface area contributed by atoms with Crippen LogP contribution in [0.3, 0.4) is 0 Å². The van der Waals surface area contributed by atoms with Gasteiger partial charge in [-0.05, 0) is 38.0 Å². The number of nitrogens with one attached hydrogen (secondary N) is 1. The molecule has 0 aliphatic rings. The van der Waals surface area contributed by atoms with Crippen molar-refractivity contribution >= 4 is 5.91 Å². The Labute approximate surface area is 125 Å². The maximum atomic E-state index is 11.7. The molecule has 2 rings (SSSR count). The summed E-state index contributed by atoms with van der Waals surface area (Å²) < 4.78 is 1.94. The van der Waals surface area contributed by atoms with Crippen molar-refractivity contribution in [2.45, 2.75) is 26.7 Å². The van der Waals surface area contributed by atoms with E-state index in [1.807, 2.05) is 63.0 Å². The zero-order valence-corrected chi connectivity index (χ0v) is 13.1. The minimum Gasteiger partial charge on any atom is -0.289 e. The zero-order chi connectivity index (χ0) is 15.4. The van der Waals surface area contributed by atoms with E-state index in [-0.39, 0.29) is 5.91 Å². The molecule has 5 heteroatoms. The molecule has 0 unspecified atom stereocenters. The first-order valence-electron chi connectivity index (χ1n) is 7.06. The zero-order valence-electron chi connectivity index (χ0n) is 13.1. The van der Waals surface area contributed by atoms with Gasteiger partial charge < -0.3 is 0 Å². The van der Waals surface area contributed by atoms with Gasteiger partial charge in [-0.25, -0.2) is 9.69 Å². The molecule has 1 aromatic heterocycles. The Morgan fingerprint density at radius 3 is 2.52 bits per heavy atom. The highest BCUT2D eigenvalue weighted by Gasteiger charge is 2.14. The number of carbonyl (C=O) groups is 1. The Balaban J connectivity index is 2.15. The van der Waals surface area contributed by atoms with Crippen molar-refractivity contribution in [2.75, 3.05) is 14.1 Å². The lowest BCUT2D eigenvalue weighted by molar-refractivity contribution is -0.124. The fraction of sp³-hybridized carbons (Fsp3) is 0.375. The highest BCUT2D eigenvalue weighted by Crippen LogP contribution is 2.19. The van der Waals surface area contributed by atoms with E-state index in [4.69, 9.17) is 0 Å². The predicted molar refractivity (Wildman–Crippen MR) is 83.2 cm³/mol. The maximum Gasteiger partial charge on any atom is 0.234 e. The summed E-state index contributed by atoms with van der Waals surface area (Å²) in [6, 6.07) is 10.0. The van der Waals surface area contributed by atoms with Crippen LogP contribution in [0.2, 0.25) is 0 Å². The number of para-hydroxylation sites is 1. The molecule has 1 heterocycles. The molecule has 0 atom stereocenters. The van der Waals surface area contributed by atoms with Crippen molar-refractivity contribution in [1.29, 1.82) is 0 Å². The van der Waals surface area contributed by atoms with E-state index < -0.39 is 0 Å². The van der Waals surface area contributed by atoms with Crippen molar-refractivity contribution in [1.82, 2.24) is 20.2 Å². The van der Waals surface area contributed by atoms with Gasteiger partial charge in [0.1, 0.15) is 0 Å². The van der Waals surface area contributed by atoms with Crippen LogP contribution in [0, 0.1) is 13.8 Å². The number of nitrogens with zero attached hydrogens (tertiary/aromatic N) is 3. The average Bonchev–Trinajstić information content (AvgIpc) is 2.72. The average molecular weight is 286 g/mol. The summed E-state index contributed by atoms with van der Waals surface area (Å²) in [5.74, 6) is 0.0197. The van der Waals surface area contributed by atoms with Crippen LogP contribution in [-0.2, 0) is 11.2 Å². The Hall–Kier alpha value is -2.14. The summed E-state index contributed by atoms with van der Waals surface area (Å²) in [5.41, 5.74) is 7.02. The number of carbonyl (C=O) groups excluding carboxylic acids is 1. The Morgan fingerprint density at radius 1 is 1.24 bits per heavy atom. The van der Waals surface area contributed by atoms with Crippen LogP contribution >= 0.6 is 0 Å². The van der Waals surface area contributed by atoms with Gasteiger partial charge >= 0.3 is 0 Å². The molecule has 0 saturated carbocycles. The second-order valence-electron chi connectivity index (χ2n) is 5.33. The number of aryl methyl sites for hydroxylation is 1. The minimum absolute atomic E-state index is 0.0197. The van der Waals surface area contributed by atoms with Crippen molar-refractivity contribution in [2.24, 2.45) is 0 Å². The first-order valence-corrected chi connectivity index (χ1v) is 7.06. The molecule has 5 nitrogen and oxygen atoms in total. The number of hydrazine groups is 1. The second-order valence-corrected chi connectivity index (χ2v) is 5.33. The van der Waals surface area contributed by atoms with Gasteiger partial charge in [-0.3, -0.25) is 10.2 Å². The van der Waals surface area contributed by atoms with E-state index in [1.165, 1.54) is 0 Å². The summed E-state index contributed by atoms with van der Waals surface area (Å²) in [5, 5.41) is 6.26. The lowest BCUT2D eigenvalue weighted by atomic mass is 10.1. The largest absolute Gasteiger partial charge is 0.289 e. The topological polar surface area (TPSA) is 50.2 Å². The number of rotatable bonds is 5. The SMILES string of the molecule is Cc1nn(-c2ccccc2)c(C)c1CCC(=O)NN(C)C.